The Morgan fingerprint density at radius 2 is 1.76 bits per heavy atom. The first kappa shape index (κ1) is 21.9. The van der Waals surface area contributed by atoms with Gasteiger partial charge in [0.25, 0.3) is 5.91 Å². The second-order valence-electron chi connectivity index (χ2n) is 7.02. The molecular formula is C27H19ClN2O3. The zero-order valence-corrected chi connectivity index (χ0v) is 18.2. The molecule has 2 N–H and O–H groups in total. The first-order valence-corrected chi connectivity index (χ1v) is 10.5. The van der Waals surface area contributed by atoms with E-state index in [2.05, 4.69) is 22.4 Å². The third-order valence-corrected chi connectivity index (χ3v) is 5.12. The number of benzene rings is 4. The number of carbonyl (C=O) groups excluding carboxylic acids is 1. The molecule has 0 radical (unpaired) electrons. The van der Waals surface area contributed by atoms with E-state index in [4.69, 9.17) is 16.3 Å². The predicted octanol–water partition coefficient (Wildman–Crippen LogP) is 5.39. The minimum atomic E-state index is -0.432. The molecule has 162 valence electrons. The smallest absolute Gasteiger partial charge is 0.271 e. The quantitative estimate of drug-likeness (QED) is 0.241. The summed E-state index contributed by atoms with van der Waals surface area (Å²) in [7, 11) is 0. The normalized spacial score (nSPS) is 10.6. The van der Waals surface area contributed by atoms with Crippen LogP contribution in [0.25, 0.3) is 10.8 Å². The highest BCUT2D eigenvalue weighted by Gasteiger charge is 2.08. The van der Waals surface area contributed by atoms with Gasteiger partial charge < -0.3 is 9.84 Å². The third-order valence-electron chi connectivity index (χ3n) is 4.81. The molecule has 4 aromatic carbocycles. The molecule has 0 unspecified atom stereocenters. The fraction of sp³-hybridized carbons (Fsp3) is 0.0370. The number of carbonyl (C=O) groups is 1. The number of ether oxygens (including phenoxy) is 1. The van der Waals surface area contributed by atoms with Gasteiger partial charge in [-0.15, -0.1) is 0 Å². The van der Waals surface area contributed by atoms with Crippen LogP contribution in [-0.4, -0.2) is 23.8 Å². The summed E-state index contributed by atoms with van der Waals surface area (Å²) in [6.45, 7) is 0.287. The number of phenols is 1. The number of fused-ring (bicyclic) bond motifs is 1. The molecule has 5 nitrogen and oxygen atoms in total. The fourth-order valence-electron chi connectivity index (χ4n) is 3.18. The summed E-state index contributed by atoms with van der Waals surface area (Å²) in [5, 5.41) is 15.6. The fourth-order valence-corrected chi connectivity index (χ4v) is 3.37. The van der Waals surface area contributed by atoms with Crippen LogP contribution in [0.1, 0.15) is 21.5 Å². The highest BCUT2D eigenvalue weighted by atomic mass is 35.5. The van der Waals surface area contributed by atoms with Gasteiger partial charge in [0.15, 0.2) is 0 Å². The Bertz CT molecular complexity index is 1390. The summed E-state index contributed by atoms with van der Waals surface area (Å²) in [5.74, 6) is 6.48. The Morgan fingerprint density at radius 1 is 1.00 bits per heavy atom. The number of halogens is 1. The molecule has 0 saturated carbocycles. The lowest BCUT2D eigenvalue weighted by Gasteiger charge is -2.05. The average molecular weight is 455 g/mol. The standard InChI is InChI=1S/C27H19ClN2O3/c28-25-17-20(14-15-26(25)31)27(32)30-29-18-21-13-12-19(23-10-4-5-11-24(21)23)7-6-16-33-22-8-2-1-3-9-22/h1-5,8-15,17-18,31H,16H2,(H,30,32). The maximum Gasteiger partial charge on any atom is 0.271 e. The number of para-hydroxylation sites is 1. The van der Waals surface area contributed by atoms with Gasteiger partial charge in [0.2, 0.25) is 0 Å². The number of phenolic OH excluding ortho intramolecular Hbond substituents is 1. The molecule has 33 heavy (non-hydrogen) atoms. The van der Waals surface area contributed by atoms with E-state index < -0.39 is 5.91 Å². The Balaban J connectivity index is 1.48. The SMILES string of the molecule is O=C(NN=Cc1ccc(C#CCOc2ccccc2)c2ccccc12)c1ccc(O)c(Cl)c1. The number of rotatable bonds is 5. The topological polar surface area (TPSA) is 70.9 Å². The highest BCUT2D eigenvalue weighted by molar-refractivity contribution is 6.32. The molecule has 6 heteroatoms. The molecule has 0 aliphatic heterocycles. The van der Waals surface area contributed by atoms with E-state index in [1.807, 2.05) is 66.7 Å². The van der Waals surface area contributed by atoms with Gasteiger partial charge in [-0.3, -0.25) is 4.79 Å². The van der Waals surface area contributed by atoms with Gasteiger partial charge >= 0.3 is 0 Å². The van der Waals surface area contributed by atoms with Crippen molar-refractivity contribution >= 4 is 34.5 Å². The van der Waals surface area contributed by atoms with Gasteiger partial charge in [-0.25, -0.2) is 5.43 Å². The van der Waals surface area contributed by atoms with Crippen molar-refractivity contribution in [2.75, 3.05) is 6.61 Å². The van der Waals surface area contributed by atoms with E-state index in [1.54, 1.807) is 6.21 Å². The van der Waals surface area contributed by atoms with Crippen LogP contribution in [0.2, 0.25) is 5.02 Å². The second kappa shape index (κ2) is 10.4. The van der Waals surface area contributed by atoms with Crippen LogP contribution in [-0.2, 0) is 0 Å². The van der Waals surface area contributed by atoms with Crippen LogP contribution in [0, 0.1) is 11.8 Å². The van der Waals surface area contributed by atoms with Gasteiger partial charge in [0.1, 0.15) is 18.1 Å². The number of aromatic hydroxyl groups is 1. The summed E-state index contributed by atoms with van der Waals surface area (Å²) in [6, 6.07) is 25.4. The molecule has 0 aliphatic rings. The molecule has 0 saturated heterocycles. The van der Waals surface area contributed by atoms with Gasteiger partial charge in [0, 0.05) is 16.7 Å². The van der Waals surface area contributed by atoms with E-state index in [-0.39, 0.29) is 17.4 Å². The van der Waals surface area contributed by atoms with E-state index in [0.29, 0.717) is 5.56 Å². The van der Waals surface area contributed by atoms with Crippen molar-refractivity contribution in [2.24, 2.45) is 5.10 Å². The van der Waals surface area contributed by atoms with Crippen molar-refractivity contribution in [2.45, 2.75) is 0 Å². The number of nitrogens with zero attached hydrogens (tertiary/aromatic N) is 1. The first-order valence-electron chi connectivity index (χ1n) is 10.1. The number of hydrogen-bond donors (Lipinski definition) is 2. The summed E-state index contributed by atoms with van der Waals surface area (Å²) < 4.78 is 5.63. The Kier molecular flexibility index (Phi) is 6.89. The molecule has 0 fully saturated rings. The Morgan fingerprint density at radius 3 is 2.55 bits per heavy atom. The Labute approximate surface area is 196 Å². The van der Waals surface area contributed by atoms with Crippen LogP contribution in [0.15, 0.2) is 90.0 Å². The minimum Gasteiger partial charge on any atom is -0.506 e. The predicted molar refractivity (Wildman–Crippen MR) is 131 cm³/mol. The average Bonchev–Trinajstić information content (AvgIpc) is 2.85. The van der Waals surface area contributed by atoms with Crippen LogP contribution in [0.4, 0.5) is 0 Å². The minimum absolute atomic E-state index is 0.0852. The monoisotopic (exact) mass is 454 g/mol. The lowest BCUT2D eigenvalue weighted by atomic mass is 10.0. The second-order valence-corrected chi connectivity index (χ2v) is 7.42. The number of hydrazone groups is 1. The number of hydrogen-bond acceptors (Lipinski definition) is 4. The lowest BCUT2D eigenvalue weighted by molar-refractivity contribution is 0.0955. The van der Waals surface area contributed by atoms with Crippen LogP contribution < -0.4 is 10.2 Å². The molecular weight excluding hydrogens is 436 g/mol. The molecule has 0 bridgehead atoms. The van der Waals surface area contributed by atoms with Crippen molar-refractivity contribution in [3.63, 3.8) is 0 Å². The highest BCUT2D eigenvalue weighted by Crippen LogP contribution is 2.24. The molecule has 0 aliphatic carbocycles. The van der Waals surface area contributed by atoms with Crippen LogP contribution in [0.5, 0.6) is 11.5 Å². The van der Waals surface area contributed by atoms with Crippen molar-refractivity contribution in [3.05, 3.63) is 107 Å². The van der Waals surface area contributed by atoms with Crippen LogP contribution in [0.3, 0.4) is 0 Å². The lowest BCUT2D eigenvalue weighted by Crippen LogP contribution is -2.17. The largest absolute Gasteiger partial charge is 0.506 e. The molecule has 0 spiro atoms. The van der Waals surface area contributed by atoms with Crippen molar-refractivity contribution in [3.8, 4) is 23.3 Å². The van der Waals surface area contributed by atoms with Crippen molar-refractivity contribution in [1.29, 1.82) is 0 Å². The summed E-state index contributed by atoms with van der Waals surface area (Å²) in [5.41, 5.74) is 4.48. The van der Waals surface area contributed by atoms with Crippen molar-refractivity contribution in [1.82, 2.24) is 5.43 Å². The van der Waals surface area contributed by atoms with E-state index >= 15 is 0 Å². The molecule has 4 rings (SSSR count). The molecule has 1 amide bonds. The van der Waals surface area contributed by atoms with Gasteiger partial charge in [-0.1, -0.05) is 72.0 Å². The van der Waals surface area contributed by atoms with Crippen LogP contribution >= 0.6 is 11.6 Å². The molecule has 4 aromatic rings. The summed E-state index contributed by atoms with van der Waals surface area (Å²) in [6.07, 6.45) is 1.58. The summed E-state index contributed by atoms with van der Waals surface area (Å²) in [4.78, 5) is 12.3. The number of amides is 1. The van der Waals surface area contributed by atoms with Gasteiger partial charge in [-0.2, -0.15) is 5.10 Å². The third kappa shape index (κ3) is 5.51. The van der Waals surface area contributed by atoms with Gasteiger partial charge in [0.05, 0.1) is 11.2 Å². The molecule has 0 atom stereocenters. The first-order chi connectivity index (χ1) is 16.1. The van der Waals surface area contributed by atoms with E-state index in [1.165, 1.54) is 18.2 Å². The number of nitrogens with one attached hydrogen (secondary N) is 1. The molecule has 0 heterocycles. The zero-order chi connectivity index (χ0) is 23.0. The summed E-state index contributed by atoms with van der Waals surface area (Å²) >= 11 is 5.86. The van der Waals surface area contributed by atoms with E-state index in [0.717, 1.165) is 27.6 Å². The molecule has 0 aromatic heterocycles. The van der Waals surface area contributed by atoms with Crippen molar-refractivity contribution < 1.29 is 14.6 Å². The zero-order valence-electron chi connectivity index (χ0n) is 17.5. The van der Waals surface area contributed by atoms with Gasteiger partial charge in [-0.05, 0) is 47.2 Å². The Hall–Kier alpha value is -4.27. The maximum atomic E-state index is 12.3. The maximum absolute atomic E-state index is 12.3. The van der Waals surface area contributed by atoms with E-state index in [9.17, 15) is 9.90 Å².